The largest absolute Gasteiger partial charge is 0.503 e. The van der Waals surface area contributed by atoms with Crippen LogP contribution < -0.4 is 20.1 Å². The van der Waals surface area contributed by atoms with E-state index in [4.69, 9.17) is 9.47 Å². The zero-order valence-corrected chi connectivity index (χ0v) is 12.6. The molecular formula is C16H20N2O4. The number of ether oxygens (including phenoxy) is 2. The van der Waals surface area contributed by atoms with Crippen molar-refractivity contribution in [2.24, 2.45) is 0 Å². The second-order valence-electron chi connectivity index (χ2n) is 4.57. The van der Waals surface area contributed by atoms with Gasteiger partial charge in [-0.2, -0.15) is 0 Å². The summed E-state index contributed by atoms with van der Waals surface area (Å²) in [5, 5.41) is 26.1. The first-order valence-corrected chi connectivity index (χ1v) is 6.87. The number of hydrogen-bond acceptors (Lipinski definition) is 6. The fraction of sp³-hybridized carbons (Fsp3) is 0.250. The second-order valence-corrected chi connectivity index (χ2v) is 4.57. The van der Waals surface area contributed by atoms with E-state index in [-0.39, 0.29) is 11.5 Å². The van der Waals surface area contributed by atoms with Crippen molar-refractivity contribution in [2.75, 3.05) is 37.9 Å². The molecule has 0 aliphatic heterocycles. The summed E-state index contributed by atoms with van der Waals surface area (Å²) in [5.41, 5.74) is 1.19. The number of aromatic hydroxyl groups is 2. The van der Waals surface area contributed by atoms with E-state index in [1.54, 1.807) is 36.4 Å². The van der Waals surface area contributed by atoms with Gasteiger partial charge in [0, 0.05) is 13.1 Å². The van der Waals surface area contributed by atoms with Gasteiger partial charge >= 0.3 is 0 Å². The molecular weight excluding hydrogens is 284 g/mol. The van der Waals surface area contributed by atoms with Crippen LogP contribution >= 0.6 is 0 Å². The van der Waals surface area contributed by atoms with E-state index >= 15 is 0 Å². The summed E-state index contributed by atoms with van der Waals surface area (Å²) in [6.07, 6.45) is 0. The Morgan fingerprint density at radius 1 is 0.773 bits per heavy atom. The number of nitrogens with one attached hydrogen (secondary N) is 2. The fourth-order valence-corrected chi connectivity index (χ4v) is 2.05. The monoisotopic (exact) mass is 304 g/mol. The molecule has 0 aliphatic rings. The summed E-state index contributed by atoms with van der Waals surface area (Å²) in [5.74, 6) is 0.996. The zero-order valence-electron chi connectivity index (χ0n) is 12.6. The molecule has 0 fully saturated rings. The van der Waals surface area contributed by atoms with Crippen LogP contribution in [-0.2, 0) is 0 Å². The van der Waals surface area contributed by atoms with Gasteiger partial charge in [0.1, 0.15) is 0 Å². The lowest BCUT2D eigenvalue weighted by Crippen LogP contribution is -2.13. The van der Waals surface area contributed by atoms with Crippen LogP contribution in [0.2, 0.25) is 0 Å². The van der Waals surface area contributed by atoms with E-state index in [0.29, 0.717) is 36.0 Å². The molecule has 6 heteroatoms. The number of phenolic OH excluding ortho intramolecular Hbond substituents is 2. The third-order valence-corrected chi connectivity index (χ3v) is 3.19. The zero-order chi connectivity index (χ0) is 15.9. The highest BCUT2D eigenvalue weighted by molar-refractivity contribution is 5.63. The van der Waals surface area contributed by atoms with Gasteiger partial charge in [0.05, 0.1) is 25.6 Å². The predicted molar refractivity (Wildman–Crippen MR) is 86.3 cm³/mol. The molecule has 0 aromatic heterocycles. The fourth-order valence-electron chi connectivity index (χ4n) is 2.05. The van der Waals surface area contributed by atoms with Crippen LogP contribution in [0.4, 0.5) is 11.4 Å². The molecule has 0 spiro atoms. The quantitative estimate of drug-likeness (QED) is 0.465. The molecule has 2 aromatic rings. The van der Waals surface area contributed by atoms with E-state index in [0.717, 1.165) is 0 Å². The molecule has 0 unspecified atom stereocenters. The van der Waals surface area contributed by atoms with Gasteiger partial charge in [-0.15, -0.1) is 0 Å². The van der Waals surface area contributed by atoms with Gasteiger partial charge in [-0.3, -0.25) is 0 Å². The highest BCUT2D eigenvalue weighted by Crippen LogP contribution is 2.34. The molecule has 0 amide bonds. The summed E-state index contributed by atoms with van der Waals surface area (Å²) < 4.78 is 10.1. The molecule has 0 saturated heterocycles. The number of rotatable bonds is 7. The van der Waals surface area contributed by atoms with Crippen LogP contribution in [0.5, 0.6) is 23.0 Å². The number of anilines is 2. The van der Waals surface area contributed by atoms with Crippen molar-refractivity contribution in [3.63, 3.8) is 0 Å². The summed E-state index contributed by atoms with van der Waals surface area (Å²) in [4.78, 5) is 0. The Labute approximate surface area is 129 Å². The lowest BCUT2D eigenvalue weighted by Gasteiger charge is -2.13. The minimum Gasteiger partial charge on any atom is -0.503 e. The smallest absolute Gasteiger partial charge is 0.181 e. The molecule has 0 bridgehead atoms. The Balaban J connectivity index is 1.90. The van der Waals surface area contributed by atoms with Crippen LogP contribution in [0.3, 0.4) is 0 Å². The molecule has 0 aliphatic carbocycles. The van der Waals surface area contributed by atoms with Crippen molar-refractivity contribution in [3.8, 4) is 23.0 Å². The van der Waals surface area contributed by atoms with Crippen molar-refractivity contribution in [3.05, 3.63) is 36.4 Å². The van der Waals surface area contributed by atoms with Crippen LogP contribution in [0.15, 0.2) is 36.4 Å². The standard InChI is InChI=1S/C16H20N2O4/c1-21-13-7-3-5-11(15(13)19)17-9-10-18-12-6-4-8-14(22-2)16(12)20/h3-8,17-20H,9-10H2,1-2H3. The highest BCUT2D eigenvalue weighted by atomic mass is 16.5. The van der Waals surface area contributed by atoms with Crippen LogP contribution in [0.25, 0.3) is 0 Å². The number of hydrogen-bond donors (Lipinski definition) is 4. The first-order chi connectivity index (χ1) is 10.7. The van der Waals surface area contributed by atoms with Crippen molar-refractivity contribution < 1.29 is 19.7 Å². The molecule has 2 aromatic carbocycles. The first kappa shape index (κ1) is 15.6. The molecule has 6 nitrogen and oxygen atoms in total. The number of methoxy groups -OCH3 is 2. The molecule has 2 rings (SSSR count). The third kappa shape index (κ3) is 3.46. The van der Waals surface area contributed by atoms with Gasteiger partial charge in [-0.05, 0) is 24.3 Å². The van der Waals surface area contributed by atoms with Gasteiger partial charge < -0.3 is 30.3 Å². The van der Waals surface area contributed by atoms with Gasteiger partial charge in [-0.1, -0.05) is 12.1 Å². The Morgan fingerprint density at radius 3 is 1.55 bits per heavy atom. The molecule has 0 radical (unpaired) electrons. The first-order valence-electron chi connectivity index (χ1n) is 6.87. The lowest BCUT2D eigenvalue weighted by atomic mass is 10.2. The van der Waals surface area contributed by atoms with Crippen molar-refractivity contribution >= 4 is 11.4 Å². The van der Waals surface area contributed by atoms with Crippen LogP contribution in [-0.4, -0.2) is 37.5 Å². The van der Waals surface area contributed by atoms with Crippen molar-refractivity contribution in [1.82, 2.24) is 0 Å². The SMILES string of the molecule is COc1cccc(NCCNc2cccc(OC)c2O)c1O. The molecule has 0 heterocycles. The van der Waals surface area contributed by atoms with E-state index < -0.39 is 0 Å². The topological polar surface area (TPSA) is 83.0 Å². The van der Waals surface area contributed by atoms with Crippen LogP contribution in [0, 0.1) is 0 Å². The van der Waals surface area contributed by atoms with Crippen LogP contribution in [0.1, 0.15) is 0 Å². The average Bonchev–Trinajstić information content (AvgIpc) is 2.54. The van der Waals surface area contributed by atoms with Gasteiger partial charge in [0.2, 0.25) is 0 Å². The molecule has 22 heavy (non-hydrogen) atoms. The van der Waals surface area contributed by atoms with Crippen molar-refractivity contribution in [2.45, 2.75) is 0 Å². The van der Waals surface area contributed by atoms with Gasteiger partial charge in [0.25, 0.3) is 0 Å². The normalized spacial score (nSPS) is 10.1. The van der Waals surface area contributed by atoms with Crippen molar-refractivity contribution in [1.29, 1.82) is 0 Å². The Kier molecular flexibility index (Phi) is 5.19. The maximum absolute atomic E-state index is 9.95. The van der Waals surface area contributed by atoms with E-state index in [1.165, 1.54) is 14.2 Å². The third-order valence-electron chi connectivity index (χ3n) is 3.19. The molecule has 118 valence electrons. The number of para-hydroxylation sites is 2. The van der Waals surface area contributed by atoms with E-state index in [2.05, 4.69) is 10.6 Å². The molecule has 4 N–H and O–H groups in total. The summed E-state index contributed by atoms with van der Waals surface area (Å²) in [6.45, 7) is 1.11. The summed E-state index contributed by atoms with van der Waals surface area (Å²) in [6, 6.07) is 10.5. The highest BCUT2D eigenvalue weighted by Gasteiger charge is 2.08. The Bertz CT molecular complexity index is 576. The predicted octanol–water partition coefficient (Wildman–Crippen LogP) is 2.64. The molecule has 0 atom stereocenters. The van der Waals surface area contributed by atoms with E-state index in [1.807, 2.05) is 0 Å². The average molecular weight is 304 g/mol. The summed E-state index contributed by atoms with van der Waals surface area (Å²) >= 11 is 0. The number of phenols is 2. The number of benzene rings is 2. The second kappa shape index (κ2) is 7.31. The summed E-state index contributed by atoms with van der Waals surface area (Å²) in [7, 11) is 3.01. The van der Waals surface area contributed by atoms with Gasteiger partial charge in [-0.25, -0.2) is 0 Å². The molecule has 0 saturated carbocycles. The Hall–Kier alpha value is -2.76. The van der Waals surface area contributed by atoms with E-state index in [9.17, 15) is 10.2 Å². The maximum atomic E-state index is 9.95. The lowest BCUT2D eigenvalue weighted by molar-refractivity contribution is 0.374. The Morgan fingerprint density at radius 2 is 1.18 bits per heavy atom. The maximum Gasteiger partial charge on any atom is 0.181 e. The minimum absolute atomic E-state index is 0.0780. The minimum atomic E-state index is 0.0780. The van der Waals surface area contributed by atoms with Gasteiger partial charge in [0.15, 0.2) is 23.0 Å².